The standard InChI is InChI=1S/C13H14BrNO4/c1-5-7-10(19-13(3,4)11(7)16)8(14)6(2)9(5)15-12(17)18/h15H,1-4H3,(H,17,18)/p-1. The summed E-state index contributed by atoms with van der Waals surface area (Å²) in [6, 6.07) is 0. The van der Waals surface area contributed by atoms with E-state index in [2.05, 4.69) is 21.2 Å². The second kappa shape index (κ2) is 4.23. The number of amides is 1. The zero-order valence-corrected chi connectivity index (χ0v) is 12.6. The Hall–Kier alpha value is -1.56. The number of carbonyl (C=O) groups is 2. The molecule has 1 aromatic carbocycles. The molecule has 1 aliphatic rings. The number of nitrogens with one attached hydrogen (secondary N) is 1. The maximum Gasteiger partial charge on any atom is 0.209 e. The highest BCUT2D eigenvalue weighted by Gasteiger charge is 2.43. The quantitative estimate of drug-likeness (QED) is 0.857. The fourth-order valence-electron chi connectivity index (χ4n) is 2.23. The van der Waals surface area contributed by atoms with E-state index in [-0.39, 0.29) is 5.78 Å². The van der Waals surface area contributed by atoms with Crippen LogP contribution >= 0.6 is 15.9 Å². The van der Waals surface area contributed by atoms with Crippen molar-refractivity contribution in [1.29, 1.82) is 0 Å². The van der Waals surface area contributed by atoms with Crippen LogP contribution in [0.3, 0.4) is 0 Å². The van der Waals surface area contributed by atoms with E-state index in [0.717, 1.165) is 0 Å². The molecule has 0 atom stereocenters. The molecular formula is C13H13BrNO4-. The lowest BCUT2D eigenvalue weighted by Gasteiger charge is -2.17. The third-order valence-electron chi connectivity index (χ3n) is 3.24. The highest BCUT2D eigenvalue weighted by atomic mass is 79.9. The first-order valence-electron chi connectivity index (χ1n) is 5.71. The van der Waals surface area contributed by atoms with Crippen LogP contribution in [0.5, 0.6) is 5.75 Å². The third kappa shape index (κ3) is 2.00. The minimum Gasteiger partial charge on any atom is -0.530 e. The van der Waals surface area contributed by atoms with Crippen molar-refractivity contribution in [3.8, 4) is 5.75 Å². The first-order chi connectivity index (χ1) is 8.66. The van der Waals surface area contributed by atoms with Crippen LogP contribution in [-0.2, 0) is 0 Å². The SMILES string of the molecule is Cc1c(Br)c2c(c(C)c1NC(=O)[O-])C(=O)C(C)(C)O2. The summed E-state index contributed by atoms with van der Waals surface area (Å²) < 4.78 is 6.25. The largest absolute Gasteiger partial charge is 0.530 e. The van der Waals surface area contributed by atoms with Gasteiger partial charge in [0.05, 0.1) is 10.0 Å². The number of benzene rings is 1. The van der Waals surface area contributed by atoms with Crippen LogP contribution in [0.4, 0.5) is 10.5 Å². The lowest BCUT2D eigenvalue weighted by atomic mass is 9.94. The van der Waals surface area contributed by atoms with Crippen molar-refractivity contribution in [2.75, 3.05) is 5.32 Å². The molecule has 0 aromatic heterocycles. The average molecular weight is 327 g/mol. The summed E-state index contributed by atoms with van der Waals surface area (Å²) in [5, 5.41) is 13.0. The lowest BCUT2D eigenvalue weighted by molar-refractivity contribution is -0.242. The molecule has 19 heavy (non-hydrogen) atoms. The summed E-state index contributed by atoms with van der Waals surface area (Å²) in [4.78, 5) is 23.0. The summed E-state index contributed by atoms with van der Waals surface area (Å²) >= 11 is 3.35. The van der Waals surface area contributed by atoms with Gasteiger partial charge in [0.15, 0.2) is 5.60 Å². The number of carbonyl (C=O) groups excluding carboxylic acids is 2. The van der Waals surface area contributed by atoms with Crippen LogP contribution in [-0.4, -0.2) is 17.5 Å². The van der Waals surface area contributed by atoms with Gasteiger partial charge in [0.25, 0.3) is 0 Å². The van der Waals surface area contributed by atoms with E-state index < -0.39 is 11.7 Å². The Bertz CT molecular complexity index is 607. The number of hydrogen-bond acceptors (Lipinski definition) is 4. The maximum absolute atomic E-state index is 12.3. The number of hydrogen-bond donors (Lipinski definition) is 1. The number of ether oxygens (including phenoxy) is 1. The van der Waals surface area contributed by atoms with Gasteiger partial charge in [0.1, 0.15) is 11.8 Å². The highest BCUT2D eigenvalue weighted by molar-refractivity contribution is 9.10. The fourth-order valence-corrected chi connectivity index (χ4v) is 2.71. The van der Waals surface area contributed by atoms with E-state index in [1.807, 2.05) is 0 Å². The second-order valence-electron chi connectivity index (χ2n) is 5.00. The number of anilines is 1. The smallest absolute Gasteiger partial charge is 0.209 e. The Labute approximate surface area is 119 Å². The summed E-state index contributed by atoms with van der Waals surface area (Å²) in [5.41, 5.74) is 1.04. The van der Waals surface area contributed by atoms with Crippen LogP contribution in [0, 0.1) is 13.8 Å². The topological polar surface area (TPSA) is 78.5 Å². The molecule has 1 N–H and O–H groups in total. The van der Waals surface area contributed by atoms with Gasteiger partial charge in [-0.3, -0.25) is 4.79 Å². The fraction of sp³-hybridized carbons (Fsp3) is 0.385. The Morgan fingerprint density at radius 2 is 1.89 bits per heavy atom. The normalized spacial score (nSPS) is 15.9. The molecule has 1 amide bonds. The van der Waals surface area contributed by atoms with Gasteiger partial charge in [-0.2, -0.15) is 0 Å². The molecule has 1 aliphatic heterocycles. The molecule has 0 aliphatic carbocycles. The van der Waals surface area contributed by atoms with Crippen molar-refractivity contribution in [2.24, 2.45) is 0 Å². The molecule has 0 fully saturated rings. The van der Waals surface area contributed by atoms with Crippen LogP contribution in [0.25, 0.3) is 0 Å². The van der Waals surface area contributed by atoms with Gasteiger partial charge in [-0.15, -0.1) is 0 Å². The van der Waals surface area contributed by atoms with E-state index in [4.69, 9.17) is 4.74 Å². The van der Waals surface area contributed by atoms with Crippen molar-refractivity contribution in [2.45, 2.75) is 33.3 Å². The summed E-state index contributed by atoms with van der Waals surface area (Å²) in [6.07, 6.45) is -1.41. The molecule has 6 heteroatoms. The molecule has 0 unspecified atom stereocenters. The zero-order valence-electron chi connectivity index (χ0n) is 11.0. The van der Waals surface area contributed by atoms with E-state index in [0.29, 0.717) is 32.6 Å². The Kier molecular flexibility index (Phi) is 3.09. The number of fused-ring (bicyclic) bond motifs is 1. The molecule has 0 saturated heterocycles. The molecular weight excluding hydrogens is 314 g/mol. The molecule has 102 valence electrons. The number of carboxylic acid groups (broad SMARTS) is 1. The predicted octanol–water partition coefficient (Wildman–Crippen LogP) is 2.17. The average Bonchev–Trinajstić information content (AvgIpc) is 2.54. The lowest BCUT2D eigenvalue weighted by Crippen LogP contribution is -2.32. The first kappa shape index (κ1) is 13.9. The second-order valence-corrected chi connectivity index (χ2v) is 5.79. The van der Waals surface area contributed by atoms with Crippen LogP contribution in [0.2, 0.25) is 0 Å². The number of ketones is 1. The van der Waals surface area contributed by atoms with Crippen molar-refractivity contribution >= 4 is 33.5 Å². The first-order valence-corrected chi connectivity index (χ1v) is 6.50. The molecule has 1 heterocycles. The number of Topliss-reactive ketones (excluding diaryl/α,β-unsaturated/α-hetero) is 1. The van der Waals surface area contributed by atoms with Crippen LogP contribution in [0.1, 0.15) is 35.3 Å². The summed E-state index contributed by atoms with van der Waals surface area (Å²) in [6.45, 7) is 6.79. The Balaban J connectivity index is 2.73. The van der Waals surface area contributed by atoms with Crippen LogP contribution in [0.15, 0.2) is 4.47 Å². The van der Waals surface area contributed by atoms with E-state index >= 15 is 0 Å². The van der Waals surface area contributed by atoms with Crippen molar-refractivity contribution < 1.29 is 19.4 Å². The number of halogens is 1. The van der Waals surface area contributed by atoms with E-state index in [1.54, 1.807) is 27.7 Å². The molecule has 0 spiro atoms. The maximum atomic E-state index is 12.3. The third-order valence-corrected chi connectivity index (χ3v) is 4.19. The molecule has 0 saturated carbocycles. The monoisotopic (exact) mass is 326 g/mol. The predicted molar refractivity (Wildman–Crippen MR) is 71.7 cm³/mol. The van der Waals surface area contributed by atoms with Gasteiger partial charge in [-0.05, 0) is 54.8 Å². The molecule has 1 aromatic rings. The molecule has 0 radical (unpaired) electrons. The van der Waals surface area contributed by atoms with Crippen molar-refractivity contribution in [3.05, 3.63) is 21.2 Å². The van der Waals surface area contributed by atoms with Crippen molar-refractivity contribution in [3.63, 3.8) is 0 Å². The number of rotatable bonds is 1. The van der Waals surface area contributed by atoms with E-state index in [9.17, 15) is 14.7 Å². The van der Waals surface area contributed by atoms with Gasteiger partial charge in [-0.1, -0.05) is 0 Å². The minimum absolute atomic E-state index is 0.165. The van der Waals surface area contributed by atoms with Gasteiger partial charge in [0.2, 0.25) is 5.78 Å². The summed E-state index contributed by atoms with van der Waals surface area (Å²) in [7, 11) is 0. The minimum atomic E-state index is -1.41. The Morgan fingerprint density at radius 3 is 2.42 bits per heavy atom. The van der Waals surface area contributed by atoms with Gasteiger partial charge in [0, 0.05) is 5.69 Å². The van der Waals surface area contributed by atoms with Gasteiger partial charge >= 0.3 is 0 Å². The Morgan fingerprint density at radius 1 is 1.32 bits per heavy atom. The van der Waals surface area contributed by atoms with Crippen LogP contribution < -0.4 is 15.2 Å². The van der Waals surface area contributed by atoms with Crippen molar-refractivity contribution in [1.82, 2.24) is 0 Å². The summed E-state index contributed by atoms with van der Waals surface area (Å²) in [5.74, 6) is 0.302. The van der Waals surface area contributed by atoms with Gasteiger partial charge in [-0.25, -0.2) is 0 Å². The molecule has 5 nitrogen and oxygen atoms in total. The highest BCUT2D eigenvalue weighted by Crippen LogP contribution is 2.47. The molecule has 2 rings (SSSR count). The zero-order chi connectivity index (χ0) is 14.5. The molecule has 0 bridgehead atoms. The van der Waals surface area contributed by atoms with E-state index in [1.165, 1.54) is 0 Å². The van der Waals surface area contributed by atoms with Gasteiger partial charge < -0.3 is 20.0 Å².